The summed E-state index contributed by atoms with van der Waals surface area (Å²) in [7, 11) is -2.48. The minimum atomic E-state index is -3.88. The van der Waals surface area contributed by atoms with Gasteiger partial charge in [0.05, 0.1) is 13.3 Å². The number of imidazole rings is 1. The second-order valence-corrected chi connectivity index (χ2v) is 5.89. The van der Waals surface area contributed by atoms with Crippen molar-refractivity contribution < 1.29 is 13.2 Å². The highest BCUT2D eigenvalue weighted by atomic mass is 32.2. The zero-order chi connectivity index (χ0) is 15.6. The van der Waals surface area contributed by atoms with Crippen molar-refractivity contribution in [3.63, 3.8) is 0 Å². The molecular weight excluding hydrogens is 294 g/mol. The Morgan fingerprint density at radius 2 is 2.19 bits per heavy atom. The van der Waals surface area contributed by atoms with E-state index in [9.17, 15) is 8.42 Å². The van der Waals surface area contributed by atoms with Crippen LogP contribution >= 0.6 is 0 Å². The van der Waals surface area contributed by atoms with Crippen molar-refractivity contribution in [2.24, 2.45) is 5.73 Å². The first-order chi connectivity index (χ1) is 9.85. The van der Waals surface area contributed by atoms with E-state index in [0.29, 0.717) is 5.82 Å². The molecule has 21 heavy (non-hydrogen) atoms. The van der Waals surface area contributed by atoms with E-state index in [1.807, 2.05) is 0 Å². The summed E-state index contributed by atoms with van der Waals surface area (Å²) in [6.07, 6.45) is 1.21. The molecule has 9 heteroatoms. The summed E-state index contributed by atoms with van der Waals surface area (Å²) < 4.78 is 32.1. The highest BCUT2D eigenvalue weighted by molar-refractivity contribution is 7.92. The topological polar surface area (TPSA) is 134 Å². The fourth-order valence-corrected chi connectivity index (χ4v) is 2.82. The van der Waals surface area contributed by atoms with Crippen LogP contribution in [-0.4, -0.2) is 31.3 Å². The number of aryl methyl sites for hydroxylation is 1. The maximum Gasteiger partial charge on any atom is 0.279 e. The number of aromatic nitrogens is 2. The number of anilines is 1. The molecule has 5 N–H and O–H groups in total. The van der Waals surface area contributed by atoms with Crippen molar-refractivity contribution in [2.75, 3.05) is 11.8 Å². The van der Waals surface area contributed by atoms with Gasteiger partial charge >= 0.3 is 0 Å². The van der Waals surface area contributed by atoms with Gasteiger partial charge in [-0.3, -0.25) is 10.1 Å². The van der Waals surface area contributed by atoms with Gasteiger partial charge in [-0.25, -0.2) is 4.98 Å². The molecule has 2 aromatic rings. The van der Waals surface area contributed by atoms with E-state index in [4.69, 9.17) is 15.9 Å². The van der Waals surface area contributed by atoms with Gasteiger partial charge < -0.3 is 15.5 Å². The van der Waals surface area contributed by atoms with Crippen LogP contribution in [0.4, 0.5) is 5.69 Å². The van der Waals surface area contributed by atoms with Crippen LogP contribution in [-0.2, 0) is 10.0 Å². The van der Waals surface area contributed by atoms with Crippen molar-refractivity contribution in [3.05, 3.63) is 35.8 Å². The van der Waals surface area contributed by atoms with E-state index in [2.05, 4.69) is 14.7 Å². The molecule has 0 fully saturated rings. The van der Waals surface area contributed by atoms with Crippen LogP contribution in [0.25, 0.3) is 0 Å². The Morgan fingerprint density at radius 1 is 1.48 bits per heavy atom. The molecule has 1 aromatic carbocycles. The number of aromatic amines is 1. The third kappa shape index (κ3) is 2.97. The summed E-state index contributed by atoms with van der Waals surface area (Å²) in [5.41, 5.74) is 5.81. The number of sulfonamides is 1. The van der Waals surface area contributed by atoms with Crippen LogP contribution in [0.15, 0.2) is 29.4 Å². The number of nitrogens with two attached hydrogens (primary N) is 1. The standard InChI is InChI=1S/C12H15N5O3S/c1-7-15-6-10(16-7)21(18,19)17-11-8(12(13)14)4-3-5-9(11)20-2/h3-6,17H,1-2H3,(H3,13,14)(H,15,16). The second kappa shape index (κ2) is 5.44. The van der Waals surface area contributed by atoms with Gasteiger partial charge in [0, 0.05) is 5.56 Å². The molecule has 0 saturated carbocycles. The zero-order valence-corrected chi connectivity index (χ0v) is 12.3. The molecule has 0 radical (unpaired) electrons. The average molecular weight is 309 g/mol. The fourth-order valence-electron chi connectivity index (χ4n) is 1.76. The molecule has 0 saturated heterocycles. The number of methoxy groups -OCH3 is 1. The van der Waals surface area contributed by atoms with E-state index in [-0.39, 0.29) is 27.9 Å². The summed E-state index contributed by atoms with van der Waals surface area (Å²) in [5, 5.41) is 7.45. The lowest BCUT2D eigenvalue weighted by Crippen LogP contribution is -2.19. The number of rotatable bonds is 5. The van der Waals surface area contributed by atoms with Crippen molar-refractivity contribution in [2.45, 2.75) is 11.9 Å². The molecule has 0 aliphatic heterocycles. The quantitative estimate of drug-likeness (QED) is 0.479. The molecule has 1 aromatic heterocycles. The van der Waals surface area contributed by atoms with Gasteiger partial charge in [0.25, 0.3) is 10.0 Å². The first-order valence-corrected chi connectivity index (χ1v) is 7.39. The van der Waals surface area contributed by atoms with Gasteiger partial charge in [-0.05, 0) is 19.1 Å². The maximum absolute atomic E-state index is 12.3. The lowest BCUT2D eigenvalue weighted by atomic mass is 10.1. The number of nitrogens with zero attached hydrogens (tertiary/aromatic N) is 1. The third-order valence-corrected chi connectivity index (χ3v) is 4.00. The van der Waals surface area contributed by atoms with Crippen LogP contribution in [0.1, 0.15) is 11.4 Å². The number of benzene rings is 1. The predicted octanol–water partition coefficient (Wildman–Crippen LogP) is 0.812. The van der Waals surface area contributed by atoms with E-state index < -0.39 is 10.0 Å². The Labute approximate surface area is 121 Å². The lowest BCUT2D eigenvalue weighted by Gasteiger charge is -2.14. The van der Waals surface area contributed by atoms with Gasteiger partial charge in [0.15, 0.2) is 5.03 Å². The van der Waals surface area contributed by atoms with Gasteiger partial charge in [0.2, 0.25) is 0 Å². The van der Waals surface area contributed by atoms with Gasteiger partial charge in [0.1, 0.15) is 23.1 Å². The van der Waals surface area contributed by atoms with Crippen LogP contribution in [0.3, 0.4) is 0 Å². The molecule has 0 bridgehead atoms. The number of amidine groups is 1. The number of nitrogens with one attached hydrogen (secondary N) is 3. The highest BCUT2D eigenvalue weighted by Gasteiger charge is 2.21. The molecule has 0 spiro atoms. The van der Waals surface area contributed by atoms with Gasteiger partial charge in [-0.15, -0.1) is 0 Å². The first-order valence-electron chi connectivity index (χ1n) is 5.91. The molecule has 0 unspecified atom stereocenters. The number of hydrogen-bond acceptors (Lipinski definition) is 5. The Bertz CT molecular complexity index is 782. The first kappa shape index (κ1) is 14.9. The third-order valence-electron chi connectivity index (χ3n) is 2.74. The van der Waals surface area contributed by atoms with Crippen molar-refractivity contribution in [3.8, 4) is 5.75 Å². The Kier molecular flexibility index (Phi) is 3.85. The van der Waals surface area contributed by atoms with E-state index in [1.54, 1.807) is 19.1 Å². The summed E-state index contributed by atoms with van der Waals surface area (Å²) in [6.45, 7) is 1.64. The van der Waals surface area contributed by atoms with Crippen molar-refractivity contribution >= 4 is 21.5 Å². The van der Waals surface area contributed by atoms with E-state index in [1.165, 1.54) is 19.4 Å². The Morgan fingerprint density at radius 3 is 2.71 bits per heavy atom. The molecule has 112 valence electrons. The van der Waals surface area contributed by atoms with Crippen LogP contribution < -0.4 is 15.2 Å². The zero-order valence-electron chi connectivity index (χ0n) is 11.5. The number of H-pyrrole nitrogens is 1. The minimum absolute atomic E-state index is 0.0830. The lowest BCUT2D eigenvalue weighted by molar-refractivity contribution is 0.417. The monoisotopic (exact) mass is 309 g/mol. The van der Waals surface area contributed by atoms with Gasteiger partial charge in [-0.1, -0.05) is 6.07 Å². The minimum Gasteiger partial charge on any atom is -0.495 e. The van der Waals surface area contributed by atoms with Crippen molar-refractivity contribution in [1.82, 2.24) is 9.97 Å². The maximum atomic E-state index is 12.3. The molecule has 0 aliphatic rings. The summed E-state index contributed by atoms with van der Waals surface area (Å²) in [6, 6.07) is 4.72. The second-order valence-electron chi connectivity index (χ2n) is 4.23. The number of hydrogen-bond donors (Lipinski definition) is 4. The predicted molar refractivity (Wildman–Crippen MR) is 78.1 cm³/mol. The number of para-hydroxylation sites is 1. The summed E-state index contributed by atoms with van der Waals surface area (Å²) in [5.74, 6) is 0.470. The SMILES string of the molecule is COc1cccc(C(=N)N)c1NS(=O)(=O)c1cnc(C)[nH]1. The summed E-state index contributed by atoms with van der Waals surface area (Å²) in [4.78, 5) is 6.49. The number of ether oxygens (including phenoxy) is 1. The molecule has 2 rings (SSSR count). The Balaban J connectivity index is 2.50. The highest BCUT2D eigenvalue weighted by Crippen LogP contribution is 2.30. The van der Waals surface area contributed by atoms with Crippen LogP contribution in [0.2, 0.25) is 0 Å². The normalized spacial score (nSPS) is 11.1. The Hall–Kier alpha value is -2.55. The molecular formula is C12H15N5O3S. The van der Waals surface area contributed by atoms with Crippen LogP contribution in [0.5, 0.6) is 5.75 Å². The molecule has 0 amide bonds. The van der Waals surface area contributed by atoms with Crippen molar-refractivity contribution in [1.29, 1.82) is 5.41 Å². The smallest absolute Gasteiger partial charge is 0.279 e. The fraction of sp³-hybridized carbons (Fsp3) is 0.167. The molecule has 0 aliphatic carbocycles. The molecule has 8 nitrogen and oxygen atoms in total. The summed E-state index contributed by atoms with van der Waals surface area (Å²) >= 11 is 0. The average Bonchev–Trinajstić information content (AvgIpc) is 2.86. The van der Waals surface area contributed by atoms with Gasteiger partial charge in [-0.2, -0.15) is 8.42 Å². The number of nitrogen functional groups attached to an aromatic ring is 1. The largest absolute Gasteiger partial charge is 0.495 e. The molecule has 1 heterocycles. The van der Waals surface area contributed by atoms with E-state index in [0.717, 1.165) is 0 Å². The van der Waals surface area contributed by atoms with E-state index >= 15 is 0 Å². The molecule has 0 atom stereocenters. The van der Waals surface area contributed by atoms with Crippen LogP contribution in [0, 0.1) is 12.3 Å².